The van der Waals surface area contributed by atoms with Crippen molar-refractivity contribution in [2.24, 2.45) is 5.73 Å². The first kappa shape index (κ1) is 14.7. The summed E-state index contributed by atoms with van der Waals surface area (Å²) in [7, 11) is 1.62. The van der Waals surface area contributed by atoms with Gasteiger partial charge in [0.05, 0.1) is 7.11 Å². The molecule has 5 heteroatoms. The predicted molar refractivity (Wildman–Crippen MR) is 77.1 cm³/mol. The van der Waals surface area contributed by atoms with Crippen LogP contribution in [0.4, 0.5) is 0 Å². The highest BCUT2D eigenvalue weighted by atomic mass is 16.5. The van der Waals surface area contributed by atoms with E-state index in [0.717, 1.165) is 37.2 Å². The molecule has 0 aliphatic carbocycles. The van der Waals surface area contributed by atoms with Gasteiger partial charge in [-0.1, -0.05) is 0 Å². The normalized spacial score (nSPS) is 14.4. The van der Waals surface area contributed by atoms with Gasteiger partial charge in [-0.2, -0.15) is 0 Å². The molecule has 1 fully saturated rings. The zero-order valence-corrected chi connectivity index (χ0v) is 11.9. The summed E-state index contributed by atoms with van der Waals surface area (Å²) in [6.45, 7) is 2.31. The summed E-state index contributed by atoms with van der Waals surface area (Å²) >= 11 is 0. The average Bonchev–Trinajstić information content (AvgIpc) is 3.00. The van der Waals surface area contributed by atoms with Crippen molar-refractivity contribution in [3.8, 4) is 11.5 Å². The number of nitrogens with two attached hydrogens (primary N) is 1. The fraction of sp³-hybridized carbons (Fsp3) is 0.533. The molecule has 1 aliphatic rings. The Morgan fingerprint density at radius 1 is 1.35 bits per heavy atom. The third-order valence-corrected chi connectivity index (χ3v) is 3.49. The van der Waals surface area contributed by atoms with Crippen LogP contribution in [0, 0.1) is 0 Å². The molecule has 1 saturated heterocycles. The first-order chi connectivity index (χ1) is 9.74. The largest absolute Gasteiger partial charge is 0.497 e. The number of methoxy groups -OCH3 is 1. The Balaban J connectivity index is 1.98. The van der Waals surface area contributed by atoms with Gasteiger partial charge in [-0.3, -0.25) is 4.79 Å². The van der Waals surface area contributed by atoms with Crippen LogP contribution < -0.4 is 15.2 Å². The molecule has 110 valence electrons. The molecule has 2 rings (SSSR count). The SMILES string of the molecule is COc1ccc(OCC(=O)N2CCCC2)c(CCN)c1. The van der Waals surface area contributed by atoms with Crippen LogP contribution in [-0.4, -0.2) is 44.2 Å². The average molecular weight is 278 g/mol. The number of carbonyl (C=O) groups excluding carboxylic acids is 1. The van der Waals surface area contributed by atoms with E-state index in [9.17, 15) is 4.79 Å². The van der Waals surface area contributed by atoms with Crippen molar-refractivity contribution in [2.45, 2.75) is 19.3 Å². The van der Waals surface area contributed by atoms with Gasteiger partial charge in [0.1, 0.15) is 11.5 Å². The first-order valence-corrected chi connectivity index (χ1v) is 7.02. The van der Waals surface area contributed by atoms with Gasteiger partial charge in [0.2, 0.25) is 0 Å². The molecule has 1 aliphatic heterocycles. The summed E-state index contributed by atoms with van der Waals surface area (Å²) in [6, 6.07) is 5.57. The molecule has 20 heavy (non-hydrogen) atoms. The molecule has 1 aromatic rings. The Morgan fingerprint density at radius 3 is 2.75 bits per heavy atom. The molecule has 0 saturated carbocycles. The number of nitrogens with zero attached hydrogens (tertiary/aromatic N) is 1. The van der Waals surface area contributed by atoms with Crippen molar-refractivity contribution < 1.29 is 14.3 Å². The van der Waals surface area contributed by atoms with E-state index in [1.807, 2.05) is 23.1 Å². The summed E-state index contributed by atoms with van der Waals surface area (Å²) in [5.41, 5.74) is 6.58. The van der Waals surface area contributed by atoms with Crippen LogP contribution in [0.25, 0.3) is 0 Å². The number of rotatable bonds is 6. The molecule has 5 nitrogen and oxygen atoms in total. The van der Waals surface area contributed by atoms with E-state index in [-0.39, 0.29) is 12.5 Å². The third kappa shape index (κ3) is 3.63. The van der Waals surface area contributed by atoms with E-state index in [1.165, 1.54) is 0 Å². The number of ether oxygens (including phenoxy) is 2. The Labute approximate surface area is 119 Å². The lowest BCUT2D eigenvalue weighted by atomic mass is 10.1. The van der Waals surface area contributed by atoms with E-state index in [2.05, 4.69) is 0 Å². The highest BCUT2D eigenvalue weighted by molar-refractivity contribution is 5.78. The van der Waals surface area contributed by atoms with Crippen molar-refractivity contribution in [3.63, 3.8) is 0 Å². The van der Waals surface area contributed by atoms with Crippen LogP contribution in [-0.2, 0) is 11.2 Å². The molecule has 1 aromatic carbocycles. The summed E-state index contributed by atoms with van der Waals surface area (Å²) < 4.78 is 10.9. The standard InChI is InChI=1S/C15H22N2O3/c1-19-13-4-5-14(12(10-13)6-7-16)20-11-15(18)17-8-2-3-9-17/h4-5,10H,2-3,6-9,11,16H2,1H3. The van der Waals surface area contributed by atoms with E-state index in [1.54, 1.807) is 7.11 Å². The zero-order chi connectivity index (χ0) is 14.4. The highest BCUT2D eigenvalue weighted by Gasteiger charge is 2.18. The maximum absolute atomic E-state index is 12.0. The second-order valence-corrected chi connectivity index (χ2v) is 4.89. The number of carbonyl (C=O) groups is 1. The molecule has 2 N–H and O–H groups in total. The lowest BCUT2D eigenvalue weighted by Gasteiger charge is -2.17. The van der Waals surface area contributed by atoms with Crippen LogP contribution in [0.3, 0.4) is 0 Å². The summed E-state index contributed by atoms with van der Waals surface area (Å²) in [4.78, 5) is 13.8. The quantitative estimate of drug-likeness (QED) is 0.849. The minimum atomic E-state index is 0.0528. The van der Waals surface area contributed by atoms with Crippen LogP contribution in [0.5, 0.6) is 11.5 Å². The summed E-state index contributed by atoms with van der Waals surface area (Å²) in [5, 5.41) is 0. The smallest absolute Gasteiger partial charge is 0.260 e. The third-order valence-electron chi connectivity index (χ3n) is 3.49. The fourth-order valence-electron chi connectivity index (χ4n) is 2.37. The number of likely N-dealkylation sites (tertiary alicyclic amines) is 1. The number of amides is 1. The maximum Gasteiger partial charge on any atom is 0.260 e. The van der Waals surface area contributed by atoms with Gasteiger partial charge in [0, 0.05) is 13.1 Å². The Bertz CT molecular complexity index is 456. The molecular formula is C15H22N2O3. The van der Waals surface area contributed by atoms with Crippen LogP contribution in [0.1, 0.15) is 18.4 Å². The molecule has 0 atom stereocenters. The van der Waals surface area contributed by atoms with Crippen LogP contribution in [0.2, 0.25) is 0 Å². The predicted octanol–water partition coefficient (Wildman–Crippen LogP) is 1.20. The van der Waals surface area contributed by atoms with Crippen molar-refractivity contribution >= 4 is 5.91 Å². The van der Waals surface area contributed by atoms with Crippen molar-refractivity contribution in [2.75, 3.05) is 33.4 Å². The number of benzene rings is 1. The van der Waals surface area contributed by atoms with Gasteiger partial charge in [-0.15, -0.1) is 0 Å². The van der Waals surface area contributed by atoms with Gasteiger partial charge >= 0.3 is 0 Å². The zero-order valence-electron chi connectivity index (χ0n) is 11.9. The second kappa shape index (κ2) is 7.14. The van der Waals surface area contributed by atoms with Gasteiger partial charge < -0.3 is 20.1 Å². The Hall–Kier alpha value is -1.75. The molecule has 0 aromatic heterocycles. The number of hydrogen-bond donors (Lipinski definition) is 1. The molecule has 1 amide bonds. The number of hydrogen-bond acceptors (Lipinski definition) is 4. The fourth-order valence-corrected chi connectivity index (χ4v) is 2.37. The van der Waals surface area contributed by atoms with E-state index >= 15 is 0 Å². The Morgan fingerprint density at radius 2 is 2.10 bits per heavy atom. The molecular weight excluding hydrogens is 256 g/mol. The topological polar surface area (TPSA) is 64.8 Å². The molecule has 0 spiro atoms. The Kier molecular flexibility index (Phi) is 5.24. The van der Waals surface area contributed by atoms with Crippen molar-refractivity contribution in [1.82, 2.24) is 4.90 Å². The van der Waals surface area contributed by atoms with Crippen molar-refractivity contribution in [1.29, 1.82) is 0 Å². The summed E-state index contributed by atoms with van der Waals surface area (Å²) in [5.74, 6) is 1.53. The van der Waals surface area contributed by atoms with Gasteiger partial charge in [0.15, 0.2) is 6.61 Å². The van der Waals surface area contributed by atoms with E-state index in [4.69, 9.17) is 15.2 Å². The highest BCUT2D eigenvalue weighted by Crippen LogP contribution is 2.24. The molecule has 0 unspecified atom stereocenters. The van der Waals surface area contributed by atoms with E-state index < -0.39 is 0 Å². The van der Waals surface area contributed by atoms with E-state index in [0.29, 0.717) is 18.7 Å². The molecule has 0 radical (unpaired) electrons. The lowest BCUT2D eigenvalue weighted by molar-refractivity contribution is -0.132. The van der Waals surface area contributed by atoms with Crippen LogP contribution >= 0.6 is 0 Å². The minimum Gasteiger partial charge on any atom is -0.497 e. The minimum absolute atomic E-state index is 0.0528. The van der Waals surface area contributed by atoms with Gasteiger partial charge in [0.25, 0.3) is 5.91 Å². The second-order valence-electron chi connectivity index (χ2n) is 4.89. The molecule has 0 bridgehead atoms. The molecule has 1 heterocycles. The monoisotopic (exact) mass is 278 g/mol. The van der Waals surface area contributed by atoms with Gasteiger partial charge in [-0.05, 0) is 49.6 Å². The maximum atomic E-state index is 12.0. The van der Waals surface area contributed by atoms with Crippen molar-refractivity contribution in [3.05, 3.63) is 23.8 Å². The summed E-state index contributed by atoms with van der Waals surface area (Å²) in [6.07, 6.45) is 2.88. The first-order valence-electron chi connectivity index (χ1n) is 7.02. The van der Waals surface area contributed by atoms with Gasteiger partial charge in [-0.25, -0.2) is 0 Å². The lowest BCUT2D eigenvalue weighted by Crippen LogP contribution is -2.32. The van der Waals surface area contributed by atoms with Crippen LogP contribution in [0.15, 0.2) is 18.2 Å².